The van der Waals surface area contributed by atoms with Crippen LogP contribution in [0.5, 0.6) is 0 Å². The number of nitrogen functional groups attached to an aromatic ring is 1. The van der Waals surface area contributed by atoms with Crippen molar-refractivity contribution in [1.29, 1.82) is 0 Å². The van der Waals surface area contributed by atoms with Gasteiger partial charge in [-0.05, 0) is 26.7 Å². The molecule has 1 unspecified atom stereocenters. The summed E-state index contributed by atoms with van der Waals surface area (Å²) in [6, 6.07) is 0.220. The van der Waals surface area contributed by atoms with Crippen LogP contribution in [0.2, 0.25) is 0 Å². The number of hydrogen-bond acceptors (Lipinski definition) is 5. The lowest BCUT2D eigenvalue weighted by Crippen LogP contribution is -2.39. The number of anilines is 2. The predicted molar refractivity (Wildman–Crippen MR) is 86.4 cm³/mol. The normalized spacial score (nSPS) is 12.2. The van der Waals surface area contributed by atoms with Crippen LogP contribution < -0.4 is 11.1 Å². The quantitative estimate of drug-likeness (QED) is 0.773. The minimum Gasteiger partial charge on any atom is -0.382 e. The van der Waals surface area contributed by atoms with Crippen LogP contribution in [-0.2, 0) is 0 Å². The first-order valence-electron chi connectivity index (χ1n) is 7.36. The molecule has 0 bridgehead atoms. The Kier molecular flexibility index (Phi) is 6.78. The van der Waals surface area contributed by atoms with Gasteiger partial charge in [0.05, 0.1) is 0 Å². The van der Waals surface area contributed by atoms with Crippen LogP contribution in [0.3, 0.4) is 0 Å². The highest BCUT2D eigenvalue weighted by molar-refractivity contribution is 7.18. The Bertz CT molecular complexity index is 433. The van der Waals surface area contributed by atoms with E-state index < -0.39 is 0 Å². The average Bonchev–Trinajstić information content (AvgIpc) is 2.79. The Hall–Kier alpha value is -1.30. The van der Waals surface area contributed by atoms with Gasteiger partial charge in [-0.1, -0.05) is 31.6 Å². The fraction of sp³-hybridized carbons (Fsp3) is 0.714. The summed E-state index contributed by atoms with van der Waals surface area (Å²) in [5, 5.41) is 3.82. The number of nitrogens with two attached hydrogens (primary N) is 1. The largest absolute Gasteiger partial charge is 0.382 e. The van der Waals surface area contributed by atoms with Crippen molar-refractivity contribution in [2.75, 3.05) is 24.1 Å². The summed E-state index contributed by atoms with van der Waals surface area (Å²) in [7, 11) is 0. The summed E-state index contributed by atoms with van der Waals surface area (Å²) in [6.07, 6.45) is 3.02. The highest BCUT2D eigenvalue weighted by Crippen LogP contribution is 2.27. The molecule has 0 spiro atoms. The Morgan fingerprint density at radius 1 is 1.45 bits per heavy atom. The van der Waals surface area contributed by atoms with Crippen LogP contribution >= 0.6 is 11.3 Å². The van der Waals surface area contributed by atoms with Gasteiger partial charge in [0.25, 0.3) is 5.91 Å². The maximum atomic E-state index is 12.7. The lowest BCUT2D eigenvalue weighted by atomic mass is 10.2. The lowest BCUT2D eigenvalue weighted by molar-refractivity contribution is 0.0691. The van der Waals surface area contributed by atoms with Crippen LogP contribution in [-0.4, -0.2) is 34.9 Å². The highest BCUT2D eigenvalue weighted by Gasteiger charge is 2.24. The molecular weight excluding hydrogens is 272 g/mol. The van der Waals surface area contributed by atoms with Crippen molar-refractivity contribution in [2.24, 2.45) is 0 Å². The van der Waals surface area contributed by atoms with E-state index in [-0.39, 0.29) is 11.9 Å². The number of carbonyl (C=O) groups excluding carboxylic acids is 1. The standard InChI is InChI=1S/C14H26N4OS/c1-5-8-9-18(10(4)6-2)13(19)11-12(15)17-14(20-11)16-7-3/h10H,5-9,15H2,1-4H3,(H,16,17). The number of nitrogens with one attached hydrogen (secondary N) is 1. The fourth-order valence-corrected chi connectivity index (χ4v) is 2.82. The molecule has 0 aliphatic rings. The van der Waals surface area contributed by atoms with Crippen LogP contribution in [0.15, 0.2) is 0 Å². The van der Waals surface area contributed by atoms with Crippen LogP contribution in [0.4, 0.5) is 10.9 Å². The third-order valence-corrected chi connectivity index (χ3v) is 4.33. The molecule has 1 rings (SSSR count). The van der Waals surface area contributed by atoms with E-state index in [0.717, 1.165) is 32.4 Å². The van der Waals surface area contributed by atoms with Crippen molar-refractivity contribution in [3.05, 3.63) is 4.88 Å². The third kappa shape index (κ3) is 4.10. The predicted octanol–water partition coefficient (Wildman–Crippen LogP) is 3.20. The Morgan fingerprint density at radius 2 is 2.15 bits per heavy atom. The molecule has 3 N–H and O–H groups in total. The molecule has 20 heavy (non-hydrogen) atoms. The molecule has 0 fully saturated rings. The second-order valence-corrected chi connectivity index (χ2v) is 5.87. The van der Waals surface area contributed by atoms with Gasteiger partial charge in [0.1, 0.15) is 10.7 Å². The smallest absolute Gasteiger partial charge is 0.268 e. The Morgan fingerprint density at radius 3 is 2.70 bits per heavy atom. The molecule has 1 heterocycles. The molecule has 1 atom stereocenters. The third-order valence-electron chi connectivity index (χ3n) is 3.31. The van der Waals surface area contributed by atoms with Gasteiger partial charge in [-0.25, -0.2) is 4.98 Å². The van der Waals surface area contributed by atoms with Gasteiger partial charge in [0.2, 0.25) is 0 Å². The molecule has 0 saturated heterocycles. The second kappa shape index (κ2) is 8.09. The highest BCUT2D eigenvalue weighted by atomic mass is 32.1. The van der Waals surface area contributed by atoms with Gasteiger partial charge in [0.15, 0.2) is 5.13 Å². The summed E-state index contributed by atoms with van der Waals surface area (Å²) in [5.41, 5.74) is 5.89. The van der Waals surface area contributed by atoms with Gasteiger partial charge >= 0.3 is 0 Å². The average molecular weight is 298 g/mol. The summed E-state index contributed by atoms with van der Waals surface area (Å²) in [5.74, 6) is 0.340. The number of nitrogens with zero attached hydrogens (tertiary/aromatic N) is 2. The van der Waals surface area contributed by atoms with E-state index >= 15 is 0 Å². The van der Waals surface area contributed by atoms with Crippen molar-refractivity contribution in [3.8, 4) is 0 Å². The maximum absolute atomic E-state index is 12.7. The van der Waals surface area contributed by atoms with E-state index in [2.05, 4.69) is 31.1 Å². The molecule has 6 heteroatoms. The molecule has 1 aromatic rings. The monoisotopic (exact) mass is 298 g/mol. The number of amides is 1. The molecule has 0 aliphatic carbocycles. The van der Waals surface area contributed by atoms with Gasteiger partial charge in [-0.2, -0.15) is 0 Å². The van der Waals surface area contributed by atoms with E-state index in [4.69, 9.17) is 5.73 Å². The first-order valence-corrected chi connectivity index (χ1v) is 8.17. The van der Waals surface area contributed by atoms with E-state index in [9.17, 15) is 4.79 Å². The van der Waals surface area contributed by atoms with Crippen LogP contribution in [0.25, 0.3) is 0 Å². The van der Waals surface area contributed by atoms with Crippen molar-refractivity contribution >= 4 is 28.2 Å². The molecule has 1 amide bonds. The SMILES string of the molecule is CCCCN(C(=O)c1sc(NCC)nc1N)C(C)CC. The number of thiazole rings is 1. The van der Waals surface area contributed by atoms with Gasteiger partial charge < -0.3 is 16.0 Å². The number of rotatable bonds is 8. The molecule has 0 saturated carbocycles. The maximum Gasteiger partial charge on any atom is 0.268 e. The molecule has 0 aliphatic heterocycles. The second-order valence-electron chi connectivity index (χ2n) is 4.87. The molecule has 1 aromatic heterocycles. The van der Waals surface area contributed by atoms with Crippen molar-refractivity contribution < 1.29 is 4.79 Å². The van der Waals surface area contributed by atoms with Crippen LogP contribution in [0.1, 0.15) is 56.6 Å². The zero-order valence-corrected chi connectivity index (χ0v) is 13.7. The summed E-state index contributed by atoms with van der Waals surface area (Å²) < 4.78 is 0. The van der Waals surface area contributed by atoms with Gasteiger partial charge in [-0.3, -0.25) is 4.79 Å². The first-order chi connectivity index (χ1) is 9.54. The number of hydrogen-bond donors (Lipinski definition) is 2. The van der Waals surface area contributed by atoms with E-state index in [1.165, 1.54) is 11.3 Å². The first kappa shape index (κ1) is 16.8. The van der Waals surface area contributed by atoms with Gasteiger partial charge in [0, 0.05) is 19.1 Å². The lowest BCUT2D eigenvalue weighted by Gasteiger charge is -2.28. The molecule has 5 nitrogen and oxygen atoms in total. The fourth-order valence-electron chi connectivity index (χ4n) is 1.91. The van der Waals surface area contributed by atoms with E-state index in [1.807, 2.05) is 11.8 Å². The molecule has 0 radical (unpaired) electrons. The van der Waals surface area contributed by atoms with E-state index in [0.29, 0.717) is 15.8 Å². The van der Waals surface area contributed by atoms with Crippen LogP contribution in [0, 0.1) is 0 Å². The van der Waals surface area contributed by atoms with Crippen molar-refractivity contribution in [1.82, 2.24) is 9.88 Å². The number of carbonyl (C=O) groups is 1. The summed E-state index contributed by atoms with van der Waals surface area (Å²) >= 11 is 1.34. The summed E-state index contributed by atoms with van der Waals surface area (Å²) in [4.78, 5) is 19.4. The minimum atomic E-state index is 0.00644. The zero-order valence-electron chi connectivity index (χ0n) is 12.9. The Labute approximate surface area is 125 Å². The molecular formula is C14H26N4OS. The number of unbranched alkanes of at least 4 members (excludes halogenated alkanes) is 1. The summed E-state index contributed by atoms with van der Waals surface area (Å²) in [6.45, 7) is 9.84. The number of aromatic nitrogens is 1. The zero-order chi connectivity index (χ0) is 15.1. The molecule has 0 aromatic carbocycles. The van der Waals surface area contributed by atoms with Gasteiger partial charge in [-0.15, -0.1) is 0 Å². The van der Waals surface area contributed by atoms with Crippen molar-refractivity contribution in [2.45, 2.75) is 53.0 Å². The Balaban J connectivity index is 2.92. The van der Waals surface area contributed by atoms with E-state index in [1.54, 1.807) is 0 Å². The topological polar surface area (TPSA) is 71.2 Å². The minimum absolute atomic E-state index is 0.00644. The van der Waals surface area contributed by atoms with Crippen molar-refractivity contribution in [3.63, 3.8) is 0 Å². The molecule has 114 valence electrons.